The first kappa shape index (κ1) is 23.7. The third-order valence-corrected chi connectivity index (χ3v) is 8.15. The van der Waals surface area contributed by atoms with Gasteiger partial charge in [-0.1, -0.05) is 63.1 Å². The molecule has 2 aliphatic carbocycles. The van der Waals surface area contributed by atoms with Gasteiger partial charge in [-0.2, -0.15) is 0 Å². The van der Waals surface area contributed by atoms with Gasteiger partial charge in [-0.3, -0.25) is 4.79 Å². The van der Waals surface area contributed by atoms with E-state index in [1.807, 2.05) is 55.1 Å². The standard InChI is InChI=1S/C29H35NO5/c1-20(2)27(31)35-19-34-23-12-11-22-16-26-24-10-6-7-13-29(24,25(22)17-23)14-15-30(26)28(32)33-18-21-8-4-3-5-9-21/h3-5,8-9,11-12,17,20,24,26H,6-7,10,13-16,18-19H2,1-2H3/t24-,26+,29+/m1/s1. The van der Waals surface area contributed by atoms with Crippen LogP contribution in [0.3, 0.4) is 0 Å². The van der Waals surface area contributed by atoms with Crippen molar-refractivity contribution >= 4 is 12.1 Å². The van der Waals surface area contributed by atoms with E-state index in [2.05, 4.69) is 12.1 Å². The Hall–Kier alpha value is -3.02. The highest BCUT2D eigenvalue weighted by atomic mass is 16.7. The van der Waals surface area contributed by atoms with Crippen molar-refractivity contribution in [1.29, 1.82) is 0 Å². The number of ether oxygens (including phenoxy) is 3. The monoisotopic (exact) mass is 477 g/mol. The van der Waals surface area contributed by atoms with Crippen LogP contribution in [0, 0.1) is 11.8 Å². The Morgan fingerprint density at radius 2 is 1.89 bits per heavy atom. The molecule has 1 aliphatic heterocycles. The maximum Gasteiger partial charge on any atom is 0.410 e. The molecule has 0 radical (unpaired) electrons. The molecular formula is C29H35NO5. The summed E-state index contributed by atoms with van der Waals surface area (Å²) in [4.78, 5) is 26.9. The van der Waals surface area contributed by atoms with Gasteiger partial charge in [-0.15, -0.1) is 0 Å². The van der Waals surface area contributed by atoms with Gasteiger partial charge in [0.25, 0.3) is 0 Å². The quantitative estimate of drug-likeness (QED) is 0.399. The molecule has 5 rings (SSSR count). The third-order valence-electron chi connectivity index (χ3n) is 8.15. The molecule has 1 saturated carbocycles. The zero-order valence-electron chi connectivity index (χ0n) is 20.7. The van der Waals surface area contributed by atoms with Gasteiger partial charge in [0.15, 0.2) is 0 Å². The van der Waals surface area contributed by atoms with E-state index < -0.39 is 0 Å². The Kier molecular flexibility index (Phi) is 6.72. The highest BCUT2D eigenvalue weighted by Crippen LogP contribution is 2.56. The Morgan fingerprint density at radius 1 is 1.06 bits per heavy atom. The number of fused-ring (bicyclic) bond motifs is 1. The van der Waals surface area contributed by atoms with Gasteiger partial charge in [0, 0.05) is 18.0 Å². The maximum atomic E-state index is 13.2. The summed E-state index contributed by atoms with van der Waals surface area (Å²) in [6.07, 6.45) is 6.25. The van der Waals surface area contributed by atoms with Gasteiger partial charge in [0.2, 0.25) is 6.79 Å². The number of hydrogen-bond acceptors (Lipinski definition) is 5. The summed E-state index contributed by atoms with van der Waals surface area (Å²) in [5, 5.41) is 0. The minimum atomic E-state index is -0.261. The zero-order chi connectivity index (χ0) is 24.4. The summed E-state index contributed by atoms with van der Waals surface area (Å²) in [6, 6.07) is 16.3. The first-order valence-corrected chi connectivity index (χ1v) is 12.9. The first-order chi connectivity index (χ1) is 17.0. The van der Waals surface area contributed by atoms with Crippen molar-refractivity contribution < 1.29 is 23.8 Å². The first-order valence-electron chi connectivity index (χ1n) is 12.9. The van der Waals surface area contributed by atoms with Crippen LogP contribution in [0.4, 0.5) is 4.79 Å². The van der Waals surface area contributed by atoms with Gasteiger partial charge in [-0.05, 0) is 60.4 Å². The van der Waals surface area contributed by atoms with E-state index >= 15 is 0 Å². The SMILES string of the molecule is CC(C)C(=O)OCOc1ccc2c(c1)[C@]13CCCC[C@@H]1[C@H](C2)N(C(=O)OCc1ccccc1)CC3. The average molecular weight is 478 g/mol. The van der Waals surface area contributed by atoms with Crippen LogP contribution in [0.2, 0.25) is 0 Å². The van der Waals surface area contributed by atoms with Crippen LogP contribution in [-0.2, 0) is 32.7 Å². The van der Waals surface area contributed by atoms with Crippen LogP contribution in [0.5, 0.6) is 5.75 Å². The average Bonchev–Trinajstić information content (AvgIpc) is 2.88. The number of rotatable bonds is 6. The van der Waals surface area contributed by atoms with Crippen molar-refractivity contribution in [3.05, 3.63) is 65.2 Å². The number of esters is 1. The Balaban J connectivity index is 1.33. The topological polar surface area (TPSA) is 65.1 Å². The van der Waals surface area contributed by atoms with Crippen LogP contribution >= 0.6 is 0 Å². The van der Waals surface area contributed by atoms with Gasteiger partial charge in [0.05, 0.1) is 5.92 Å². The lowest BCUT2D eigenvalue weighted by atomic mass is 9.52. The minimum absolute atomic E-state index is 0.0701. The smallest absolute Gasteiger partial charge is 0.410 e. The Labute approximate surface area is 207 Å². The van der Waals surface area contributed by atoms with E-state index in [1.54, 1.807) is 0 Å². The molecule has 2 bridgehead atoms. The lowest BCUT2D eigenvalue weighted by Gasteiger charge is -2.58. The summed E-state index contributed by atoms with van der Waals surface area (Å²) in [6.45, 7) is 4.56. The van der Waals surface area contributed by atoms with Gasteiger partial charge in [-0.25, -0.2) is 4.79 Å². The lowest BCUT2D eigenvalue weighted by Crippen LogP contribution is -2.62. The number of piperidine rings is 1. The van der Waals surface area contributed by atoms with Crippen LogP contribution < -0.4 is 4.74 Å². The molecule has 2 aromatic carbocycles. The molecule has 1 amide bonds. The van der Waals surface area contributed by atoms with Gasteiger partial charge >= 0.3 is 12.1 Å². The molecule has 0 aromatic heterocycles. The number of benzene rings is 2. The van der Waals surface area contributed by atoms with Gasteiger partial charge in [0.1, 0.15) is 12.4 Å². The Morgan fingerprint density at radius 3 is 2.69 bits per heavy atom. The van der Waals surface area contributed by atoms with E-state index in [4.69, 9.17) is 14.2 Å². The molecule has 186 valence electrons. The summed E-state index contributed by atoms with van der Waals surface area (Å²) >= 11 is 0. The van der Waals surface area contributed by atoms with E-state index in [-0.39, 0.29) is 36.2 Å². The van der Waals surface area contributed by atoms with Crippen LogP contribution in [-0.4, -0.2) is 36.3 Å². The fraction of sp³-hybridized carbons (Fsp3) is 0.517. The molecular weight excluding hydrogens is 442 g/mol. The van der Waals surface area contributed by atoms with Crippen molar-refractivity contribution in [3.63, 3.8) is 0 Å². The van der Waals surface area contributed by atoms with Crippen molar-refractivity contribution in [2.75, 3.05) is 13.3 Å². The highest BCUT2D eigenvalue weighted by molar-refractivity contribution is 5.71. The second-order valence-electron chi connectivity index (χ2n) is 10.5. The molecule has 1 heterocycles. The van der Waals surface area contributed by atoms with E-state index in [0.717, 1.165) is 37.0 Å². The van der Waals surface area contributed by atoms with E-state index in [9.17, 15) is 9.59 Å². The molecule has 3 atom stereocenters. The van der Waals surface area contributed by atoms with Crippen LogP contribution in [0.25, 0.3) is 0 Å². The fourth-order valence-corrected chi connectivity index (χ4v) is 6.43. The molecule has 2 aromatic rings. The second-order valence-corrected chi connectivity index (χ2v) is 10.5. The Bertz CT molecular complexity index is 1070. The van der Waals surface area contributed by atoms with E-state index in [1.165, 1.54) is 24.0 Å². The van der Waals surface area contributed by atoms with Crippen molar-refractivity contribution in [1.82, 2.24) is 4.90 Å². The van der Waals surface area contributed by atoms with Crippen molar-refractivity contribution in [2.45, 2.75) is 70.4 Å². The molecule has 1 saturated heterocycles. The number of amides is 1. The normalized spacial score (nSPS) is 24.8. The maximum absolute atomic E-state index is 13.2. The second kappa shape index (κ2) is 9.92. The highest BCUT2D eigenvalue weighted by Gasteiger charge is 2.55. The van der Waals surface area contributed by atoms with Crippen molar-refractivity contribution in [2.24, 2.45) is 11.8 Å². The number of nitrogens with zero attached hydrogens (tertiary/aromatic N) is 1. The van der Waals surface area contributed by atoms with Crippen molar-refractivity contribution in [3.8, 4) is 5.75 Å². The third kappa shape index (κ3) is 4.63. The predicted octanol–water partition coefficient (Wildman–Crippen LogP) is 5.62. The van der Waals surface area contributed by atoms with Crippen LogP contribution in [0.15, 0.2) is 48.5 Å². The number of hydrogen-bond donors (Lipinski definition) is 0. The predicted molar refractivity (Wildman–Crippen MR) is 132 cm³/mol. The number of carbonyl (C=O) groups is 2. The lowest BCUT2D eigenvalue weighted by molar-refractivity contribution is -0.153. The molecule has 6 heteroatoms. The summed E-state index contributed by atoms with van der Waals surface area (Å²) in [5.41, 5.74) is 3.73. The number of likely N-dealkylation sites (tertiary alicyclic amines) is 1. The number of carbonyl (C=O) groups excluding carboxylic acids is 2. The molecule has 2 fully saturated rings. The largest absolute Gasteiger partial charge is 0.457 e. The molecule has 0 unspecified atom stereocenters. The van der Waals surface area contributed by atoms with Gasteiger partial charge < -0.3 is 19.1 Å². The molecule has 0 spiro atoms. The summed E-state index contributed by atoms with van der Waals surface area (Å²) in [7, 11) is 0. The van der Waals surface area contributed by atoms with E-state index in [0.29, 0.717) is 19.1 Å². The van der Waals surface area contributed by atoms with Crippen LogP contribution in [0.1, 0.15) is 62.6 Å². The molecule has 6 nitrogen and oxygen atoms in total. The fourth-order valence-electron chi connectivity index (χ4n) is 6.43. The molecule has 0 N–H and O–H groups in total. The molecule has 35 heavy (non-hydrogen) atoms. The molecule has 3 aliphatic rings. The summed E-state index contributed by atoms with van der Waals surface area (Å²) < 4.78 is 16.8. The summed E-state index contributed by atoms with van der Waals surface area (Å²) in [5.74, 6) is 0.728. The minimum Gasteiger partial charge on any atom is -0.457 e. The zero-order valence-corrected chi connectivity index (χ0v) is 20.7.